The van der Waals surface area contributed by atoms with E-state index in [4.69, 9.17) is 0 Å². The number of carbonyl (C=O) groups is 1. The first kappa shape index (κ1) is 24.1. The Kier molecular flexibility index (Phi) is 6.42. The number of fused-ring (bicyclic) bond motifs is 1. The highest BCUT2D eigenvalue weighted by molar-refractivity contribution is 6.05. The molecule has 0 unspecified atom stereocenters. The topological polar surface area (TPSA) is 89.2 Å². The monoisotopic (exact) mass is 496 g/mol. The molecule has 0 radical (unpaired) electrons. The van der Waals surface area contributed by atoms with Crippen LogP contribution in [-0.2, 0) is 6.54 Å². The second kappa shape index (κ2) is 9.83. The van der Waals surface area contributed by atoms with Gasteiger partial charge in [0, 0.05) is 29.0 Å². The molecule has 37 heavy (non-hydrogen) atoms. The maximum absolute atomic E-state index is 15.2. The molecule has 5 aromatic rings. The number of anilines is 1. The zero-order chi connectivity index (χ0) is 26.1. The molecule has 0 aliphatic rings. The summed E-state index contributed by atoms with van der Waals surface area (Å²) < 4.78 is 18.2. The van der Waals surface area contributed by atoms with Crippen molar-refractivity contribution in [2.75, 3.05) is 5.32 Å². The number of aliphatic hydroxyl groups is 1. The number of nitrogens with zero attached hydrogens (tertiary/aromatic N) is 3. The standard InChI is InChI=1S/C29H25FN4O3/c1-18(35)17-33-19(2)27(29(37)34(33)22-8-4-3-5-9-22)28(36)32-21-11-12-25(26(30)15-21)24-10-6-7-20-16-31-14-13-23(20)24/h3-16,18,35H,17H2,1-2H3,(H,32,36)/t18-/m1/s1. The molecule has 7 nitrogen and oxygen atoms in total. The van der Waals surface area contributed by atoms with Crippen LogP contribution in [0.2, 0.25) is 0 Å². The van der Waals surface area contributed by atoms with Gasteiger partial charge in [0.05, 0.1) is 24.0 Å². The van der Waals surface area contributed by atoms with Crippen molar-refractivity contribution in [3.8, 4) is 16.8 Å². The summed E-state index contributed by atoms with van der Waals surface area (Å²) in [5, 5.41) is 14.4. The lowest BCUT2D eigenvalue weighted by molar-refractivity contribution is 0.102. The van der Waals surface area contributed by atoms with Gasteiger partial charge in [-0.25, -0.2) is 9.07 Å². The molecule has 1 atom stereocenters. The lowest BCUT2D eigenvalue weighted by Gasteiger charge is -2.15. The number of hydrogen-bond acceptors (Lipinski definition) is 4. The highest BCUT2D eigenvalue weighted by Crippen LogP contribution is 2.31. The molecule has 2 aromatic heterocycles. The van der Waals surface area contributed by atoms with Crippen LogP contribution < -0.4 is 10.9 Å². The van der Waals surface area contributed by atoms with Gasteiger partial charge in [-0.1, -0.05) is 36.4 Å². The molecular formula is C29H25FN4O3. The minimum Gasteiger partial charge on any atom is -0.391 e. The van der Waals surface area contributed by atoms with Crippen LogP contribution in [-0.4, -0.2) is 31.5 Å². The van der Waals surface area contributed by atoms with Crippen LogP contribution in [0.15, 0.2) is 90.0 Å². The summed E-state index contributed by atoms with van der Waals surface area (Å²) in [6.07, 6.45) is 2.63. The lowest BCUT2D eigenvalue weighted by Crippen LogP contribution is -2.27. The predicted molar refractivity (Wildman–Crippen MR) is 142 cm³/mol. The largest absolute Gasteiger partial charge is 0.391 e. The SMILES string of the molecule is Cc1c(C(=O)Nc2ccc(-c3cccc4cnccc34)c(F)c2)c(=O)n(-c2ccccc2)n1C[C@@H](C)O. The van der Waals surface area contributed by atoms with Crippen molar-refractivity contribution in [1.29, 1.82) is 0 Å². The van der Waals surface area contributed by atoms with Gasteiger partial charge in [0.1, 0.15) is 11.4 Å². The maximum Gasteiger partial charge on any atom is 0.284 e. The van der Waals surface area contributed by atoms with Crippen molar-refractivity contribution in [3.63, 3.8) is 0 Å². The molecule has 3 aromatic carbocycles. The van der Waals surface area contributed by atoms with E-state index in [1.165, 1.54) is 10.7 Å². The van der Waals surface area contributed by atoms with E-state index >= 15 is 4.39 Å². The van der Waals surface area contributed by atoms with Crippen LogP contribution in [0, 0.1) is 12.7 Å². The number of amides is 1. The van der Waals surface area contributed by atoms with Gasteiger partial charge in [-0.15, -0.1) is 0 Å². The van der Waals surface area contributed by atoms with Crippen LogP contribution in [0.5, 0.6) is 0 Å². The first-order chi connectivity index (χ1) is 17.8. The number of aliphatic hydroxyl groups excluding tert-OH is 1. The Morgan fingerprint density at radius 1 is 1.05 bits per heavy atom. The maximum atomic E-state index is 15.2. The van der Waals surface area contributed by atoms with E-state index in [1.807, 2.05) is 30.3 Å². The van der Waals surface area contributed by atoms with E-state index in [9.17, 15) is 14.7 Å². The molecule has 1 amide bonds. The number of pyridine rings is 1. The minimum absolute atomic E-state index is 0.0736. The molecule has 0 bridgehead atoms. The summed E-state index contributed by atoms with van der Waals surface area (Å²) >= 11 is 0. The van der Waals surface area contributed by atoms with Crippen molar-refractivity contribution < 1.29 is 14.3 Å². The molecule has 0 spiro atoms. The fourth-order valence-electron chi connectivity index (χ4n) is 4.57. The molecule has 186 valence electrons. The van der Waals surface area contributed by atoms with Crippen LogP contribution in [0.25, 0.3) is 27.6 Å². The Labute approximate surface area is 212 Å². The normalized spacial score (nSPS) is 12.0. The number of carbonyl (C=O) groups excluding carboxylic acids is 1. The van der Waals surface area contributed by atoms with E-state index < -0.39 is 23.4 Å². The predicted octanol–water partition coefficient (Wildman–Crippen LogP) is 4.93. The Balaban J connectivity index is 1.50. The number of aromatic nitrogens is 3. The van der Waals surface area contributed by atoms with Gasteiger partial charge in [0.2, 0.25) is 0 Å². The Morgan fingerprint density at radius 3 is 2.57 bits per heavy atom. The number of nitrogens with one attached hydrogen (secondary N) is 1. The van der Waals surface area contributed by atoms with Crippen LogP contribution in [0.4, 0.5) is 10.1 Å². The summed E-state index contributed by atoms with van der Waals surface area (Å²) in [6, 6.07) is 20.8. The van der Waals surface area contributed by atoms with E-state index in [2.05, 4.69) is 10.3 Å². The molecule has 5 rings (SSSR count). The number of halogens is 1. The molecule has 0 aliphatic carbocycles. The Morgan fingerprint density at radius 2 is 1.84 bits per heavy atom. The third-order valence-electron chi connectivity index (χ3n) is 6.26. The van der Waals surface area contributed by atoms with Gasteiger partial charge in [-0.2, -0.15) is 0 Å². The number of hydrogen-bond donors (Lipinski definition) is 2. The number of benzene rings is 3. The fourth-order valence-corrected chi connectivity index (χ4v) is 4.57. The van der Waals surface area contributed by atoms with Gasteiger partial charge in [-0.05, 0) is 61.2 Å². The van der Waals surface area contributed by atoms with Crippen LogP contribution in [0.3, 0.4) is 0 Å². The van der Waals surface area contributed by atoms with E-state index in [1.54, 1.807) is 67.3 Å². The smallest absolute Gasteiger partial charge is 0.284 e. The van der Waals surface area contributed by atoms with Gasteiger partial charge in [0.15, 0.2) is 0 Å². The van der Waals surface area contributed by atoms with Crippen molar-refractivity contribution in [3.05, 3.63) is 113 Å². The molecule has 0 saturated carbocycles. The van der Waals surface area contributed by atoms with E-state index in [-0.39, 0.29) is 17.8 Å². The Hall–Kier alpha value is -4.56. The van der Waals surface area contributed by atoms with Crippen molar-refractivity contribution in [1.82, 2.24) is 14.3 Å². The molecule has 8 heteroatoms. The third-order valence-corrected chi connectivity index (χ3v) is 6.26. The van der Waals surface area contributed by atoms with Crippen LogP contribution >= 0.6 is 0 Å². The average molecular weight is 497 g/mol. The molecule has 0 saturated heterocycles. The average Bonchev–Trinajstić information content (AvgIpc) is 3.13. The number of rotatable bonds is 6. The van der Waals surface area contributed by atoms with Crippen molar-refractivity contribution in [2.45, 2.75) is 26.5 Å². The first-order valence-corrected chi connectivity index (χ1v) is 11.8. The van der Waals surface area contributed by atoms with E-state index in [0.29, 0.717) is 22.5 Å². The molecule has 0 aliphatic heterocycles. The second-order valence-corrected chi connectivity index (χ2v) is 8.90. The third kappa shape index (κ3) is 4.54. The molecule has 2 heterocycles. The summed E-state index contributed by atoms with van der Waals surface area (Å²) in [5.41, 5.74) is 1.69. The lowest BCUT2D eigenvalue weighted by atomic mass is 9.99. The summed E-state index contributed by atoms with van der Waals surface area (Å²) in [7, 11) is 0. The van der Waals surface area contributed by atoms with Gasteiger partial charge in [0.25, 0.3) is 11.5 Å². The van der Waals surface area contributed by atoms with Gasteiger partial charge < -0.3 is 10.4 Å². The quantitative estimate of drug-likeness (QED) is 0.349. The van der Waals surface area contributed by atoms with E-state index in [0.717, 1.165) is 10.8 Å². The summed E-state index contributed by atoms with van der Waals surface area (Å²) in [4.78, 5) is 30.7. The fraction of sp³-hybridized carbons (Fsp3) is 0.138. The van der Waals surface area contributed by atoms with Crippen LogP contribution in [0.1, 0.15) is 23.0 Å². The zero-order valence-corrected chi connectivity index (χ0v) is 20.4. The number of para-hydroxylation sites is 1. The second-order valence-electron chi connectivity index (χ2n) is 8.90. The zero-order valence-electron chi connectivity index (χ0n) is 20.4. The molecular weight excluding hydrogens is 471 g/mol. The molecule has 2 N–H and O–H groups in total. The minimum atomic E-state index is -0.747. The van der Waals surface area contributed by atoms with Crippen molar-refractivity contribution in [2.24, 2.45) is 0 Å². The Bertz CT molecular complexity index is 1670. The molecule has 0 fully saturated rings. The van der Waals surface area contributed by atoms with Gasteiger partial charge in [-0.3, -0.25) is 19.3 Å². The first-order valence-electron chi connectivity index (χ1n) is 11.8. The summed E-state index contributed by atoms with van der Waals surface area (Å²) in [5.74, 6) is -1.16. The highest BCUT2D eigenvalue weighted by atomic mass is 19.1. The van der Waals surface area contributed by atoms with Gasteiger partial charge >= 0.3 is 0 Å². The summed E-state index contributed by atoms with van der Waals surface area (Å²) in [6.45, 7) is 3.38. The van der Waals surface area contributed by atoms with Crippen molar-refractivity contribution >= 4 is 22.4 Å². The highest BCUT2D eigenvalue weighted by Gasteiger charge is 2.24.